The summed E-state index contributed by atoms with van der Waals surface area (Å²) < 4.78 is 18.7. The molecule has 0 aliphatic rings. The van der Waals surface area contributed by atoms with Gasteiger partial charge in [-0.25, -0.2) is 4.39 Å². The van der Waals surface area contributed by atoms with Gasteiger partial charge in [0, 0.05) is 11.1 Å². The van der Waals surface area contributed by atoms with Crippen LogP contribution in [0.3, 0.4) is 0 Å². The average molecular weight is 332 g/mol. The molecule has 0 atom stereocenters. The molecule has 0 fully saturated rings. The standard InChI is InChI=1S/C15H13FN4O2S/c1-8-11(9(2)22-20-8)7-13(21)17-15-19-18-14(23-15)10-5-3-4-6-12(10)16/h3-6H,7H2,1-2H3,(H,17,19,21). The van der Waals surface area contributed by atoms with Crippen LogP contribution in [0.25, 0.3) is 10.6 Å². The van der Waals surface area contributed by atoms with E-state index >= 15 is 0 Å². The van der Waals surface area contributed by atoms with Gasteiger partial charge in [0.15, 0.2) is 5.01 Å². The van der Waals surface area contributed by atoms with Gasteiger partial charge in [-0.05, 0) is 26.0 Å². The third-order valence-electron chi connectivity index (χ3n) is 3.29. The number of benzene rings is 1. The number of carbonyl (C=O) groups is 1. The summed E-state index contributed by atoms with van der Waals surface area (Å²) in [5.74, 6) is -0.0187. The van der Waals surface area contributed by atoms with Crippen molar-refractivity contribution in [3.05, 3.63) is 47.1 Å². The normalized spacial score (nSPS) is 10.7. The number of rotatable bonds is 4. The van der Waals surface area contributed by atoms with Gasteiger partial charge in [-0.15, -0.1) is 10.2 Å². The van der Waals surface area contributed by atoms with E-state index in [0.29, 0.717) is 27.2 Å². The Morgan fingerprint density at radius 1 is 1.30 bits per heavy atom. The van der Waals surface area contributed by atoms with Crippen LogP contribution >= 0.6 is 11.3 Å². The predicted octanol–water partition coefficient (Wildman–Crippen LogP) is 3.13. The lowest BCUT2D eigenvalue weighted by Crippen LogP contribution is -2.15. The molecule has 118 valence electrons. The van der Waals surface area contributed by atoms with Crippen LogP contribution < -0.4 is 5.32 Å². The smallest absolute Gasteiger partial charge is 0.230 e. The SMILES string of the molecule is Cc1noc(C)c1CC(=O)Nc1nnc(-c2ccccc2F)s1. The van der Waals surface area contributed by atoms with Crippen molar-refractivity contribution in [2.24, 2.45) is 0 Å². The molecular weight excluding hydrogens is 319 g/mol. The van der Waals surface area contributed by atoms with Gasteiger partial charge in [0.2, 0.25) is 11.0 Å². The summed E-state index contributed by atoms with van der Waals surface area (Å²) >= 11 is 1.12. The maximum Gasteiger partial charge on any atom is 0.230 e. The molecule has 0 spiro atoms. The number of carbonyl (C=O) groups excluding carboxylic acids is 1. The summed E-state index contributed by atoms with van der Waals surface area (Å²) in [5.41, 5.74) is 1.79. The van der Waals surface area contributed by atoms with Gasteiger partial charge in [0.05, 0.1) is 12.1 Å². The van der Waals surface area contributed by atoms with Crippen molar-refractivity contribution in [1.82, 2.24) is 15.4 Å². The van der Waals surface area contributed by atoms with E-state index in [0.717, 1.165) is 16.9 Å². The van der Waals surface area contributed by atoms with Gasteiger partial charge in [-0.2, -0.15) is 0 Å². The van der Waals surface area contributed by atoms with Gasteiger partial charge in [0.1, 0.15) is 11.6 Å². The number of nitrogens with zero attached hydrogens (tertiary/aromatic N) is 3. The summed E-state index contributed by atoms with van der Waals surface area (Å²) in [6.45, 7) is 3.53. The zero-order chi connectivity index (χ0) is 16.4. The molecule has 6 nitrogen and oxygen atoms in total. The fourth-order valence-corrected chi connectivity index (χ4v) is 2.88. The largest absolute Gasteiger partial charge is 0.361 e. The van der Waals surface area contributed by atoms with E-state index in [1.807, 2.05) is 0 Å². The third-order valence-corrected chi connectivity index (χ3v) is 4.17. The molecule has 0 saturated heterocycles. The highest BCUT2D eigenvalue weighted by Gasteiger charge is 2.16. The van der Waals surface area contributed by atoms with Gasteiger partial charge in [-0.3, -0.25) is 4.79 Å². The van der Waals surface area contributed by atoms with Crippen molar-refractivity contribution in [2.75, 3.05) is 5.32 Å². The fourth-order valence-electron chi connectivity index (χ4n) is 2.10. The topological polar surface area (TPSA) is 80.9 Å². The Bertz CT molecular complexity index is 839. The molecule has 1 amide bonds. The van der Waals surface area contributed by atoms with Crippen molar-refractivity contribution < 1.29 is 13.7 Å². The second-order valence-corrected chi connectivity index (χ2v) is 5.90. The average Bonchev–Trinajstić information content (AvgIpc) is 3.09. The molecule has 3 aromatic rings. The zero-order valence-electron chi connectivity index (χ0n) is 12.5. The van der Waals surface area contributed by atoms with Crippen LogP contribution in [-0.4, -0.2) is 21.3 Å². The van der Waals surface area contributed by atoms with Gasteiger partial charge in [0.25, 0.3) is 0 Å². The molecule has 0 radical (unpaired) electrons. The molecule has 2 heterocycles. The van der Waals surface area contributed by atoms with E-state index in [9.17, 15) is 9.18 Å². The summed E-state index contributed by atoms with van der Waals surface area (Å²) in [5, 5.41) is 15.0. The second kappa shape index (κ2) is 6.25. The van der Waals surface area contributed by atoms with E-state index in [1.54, 1.807) is 32.0 Å². The summed E-state index contributed by atoms with van der Waals surface area (Å²) in [6, 6.07) is 6.29. The molecular formula is C15H13FN4O2S. The second-order valence-electron chi connectivity index (χ2n) is 4.92. The predicted molar refractivity (Wildman–Crippen MR) is 83.6 cm³/mol. The molecule has 0 aliphatic heterocycles. The van der Waals surface area contributed by atoms with Gasteiger partial charge >= 0.3 is 0 Å². The molecule has 2 aromatic heterocycles. The molecule has 1 aromatic carbocycles. The monoisotopic (exact) mass is 332 g/mol. The van der Waals surface area contributed by atoms with Crippen molar-refractivity contribution >= 4 is 22.4 Å². The first kappa shape index (κ1) is 15.3. The third kappa shape index (κ3) is 3.26. The lowest BCUT2D eigenvalue weighted by Gasteiger charge is -2.00. The molecule has 23 heavy (non-hydrogen) atoms. The van der Waals surface area contributed by atoms with E-state index in [2.05, 4.69) is 20.7 Å². The van der Waals surface area contributed by atoms with Crippen molar-refractivity contribution in [3.8, 4) is 10.6 Å². The van der Waals surface area contributed by atoms with Crippen LogP contribution in [0, 0.1) is 19.7 Å². The Hall–Kier alpha value is -2.61. The number of aromatic nitrogens is 3. The van der Waals surface area contributed by atoms with Crippen LogP contribution in [-0.2, 0) is 11.2 Å². The highest BCUT2D eigenvalue weighted by Crippen LogP contribution is 2.28. The minimum Gasteiger partial charge on any atom is -0.361 e. The lowest BCUT2D eigenvalue weighted by molar-refractivity contribution is -0.115. The molecule has 0 aliphatic carbocycles. The molecule has 0 bridgehead atoms. The molecule has 8 heteroatoms. The number of hydrogen-bond acceptors (Lipinski definition) is 6. The Kier molecular flexibility index (Phi) is 4.16. The van der Waals surface area contributed by atoms with Crippen LogP contribution in [0.15, 0.2) is 28.8 Å². The number of hydrogen-bond donors (Lipinski definition) is 1. The number of halogens is 1. The quantitative estimate of drug-likeness (QED) is 0.794. The van der Waals surface area contributed by atoms with Gasteiger partial charge < -0.3 is 9.84 Å². The maximum atomic E-state index is 13.7. The number of anilines is 1. The van der Waals surface area contributed by atoms with Crippen LogP contribution in [0.5, 0.6) is 0 Å². The number of aryl methyl sites for hydroxylation is 2. The minimum atomic E-state index is -0.378. The summed E-state index contributed by atoms with van der Waals surface area (Å²) in [4.78, 5) is 12.1. The Labute approximate surface area is 135 Å². The zero-order valence-corrected chi connectivity index (χ0v) is 13.3. The van der Waals surface area contributed by atoms with Crippen molar-refractivity contribution in [2.45, 2.75) is 20.3 Å². The van der Waals surface area contributed by atoms with Crippen molar-refractivity contribution in [3.63, 3.8) is 0 Å². The fraction of sp³-hybridized carbons (Fsp3) is 0.200. The Morgan fingerprint density at radius 3 is 2.78 bits per heavy atom. The highest BCUT2D eigenvalue weighted by atomic mass is 32.1. The van der Waals surface area contributed by atoms with Gasteiger partial charge in [-0.1, -0.05) is 28.6 Å². The molecule has 0 unspecified atom stereocenters. The first-order chi connectivity index (χ1) is 11.0. The van der Waals surface area contributed by atoms with Crippen molar-refractivity contribution in [1.29, 1.82) is 0 Å². The van der Waals surface area contributed by atoms with Crippen LogP contribution in [0.2, 0.25) is 0 Å². The summed E-state index contributed by atoms with van der Waals surface area (Å²) in [7, 11) is 0. The molecule has 0 saturated carbocycles. The Morgan fingerprint density at radius 2 is 2.09 bits per heavy atom. The number of amides is 1. The van der Waals surface area contributed by atoms with E-state index in [-0.39, 0.29) is 18.1 Å². The van der Waals surface area contributed by atoms with E-state index in [4.69, 9.17) is 4.52 Å². The first-order valence-electron chi connectivity index (χ1n) is 6.84. The maximum absolute atomic E-state index is 13.7. The van der Waals surface area contributed by atoms with E-state index < -0.39 is 0 Å². The molecule has 3 rings (SSSR count). The number of nitrogens with one attached hydrogen (secondary N) is 1. The first-order valence-corrected chi connectivity index (χ1v) is 7.66. The molecule has 1 N–H and O–H groups in total. The lowest BCUT2D eigenvalue weighted by atomic mass is 10.1. The highest BCUT2D eigenvalue weighted by molar-refractivity contribution is 7.18. The Balaban J connectivity index is 1.72. The van der Waals surface area contributed by atoms with Crippen LogP contribution in [0.4, 0.5) is 9.52 Å². The van der Waals surface area contributed by atoms with Crippen LogP contribution in [0.1, 0.15) is 17.0 Å². The van der Waals surface area contributed by atoms with E-state index in [1.165, 1.54) is 6.07 Å². The summed E-state index contributed by atoms with van der Waals surface area (Å²) in [6.07, 6.45) is 0.135. The minimum absolute atomic E-state index is 0.135.